The predicted octanol–water partition coefficient (Wildman–Crippen LogP) is 2.98. The molecule has 0 radical (unpaired) electrons. The van der Waals surface area contributed by atoms with E-state index in [9.17, 15) is 9.59 Å². The maximum Gasteiger partial charge on any atom is 0.308 e. The first kappa shape index (κ1) is 14.5. The first-order chi connectivity index (χ1) is 9.45. The van der Waals surface area contributed by atoms with Gasteiger partial charge in [-0.3, -0.25) is 14.9 Å². The SMILES string of the molecule is Cc1nc(NC(=O)c2ccc(Cl)cc2)sc1CC(=O)O. The summed E-state index contributed by atoms with van der Waals surface area (Å²) in [5.41, 5.74) is 1.07. The fourth-order valence-corrected chi connectivity index (χ4v) is 2.63. The van der Waals surface area contributed by atoms with E-state index >= 15 is 0 Å². The van der Waals surface area contributed by atoms with Crippen molar-refractivity contribution in [2.24, 2.45) is 0 Å². The summed E-state index contributed by atoms with van der Waals surface area (Å²) in [5.74, 6) is -1.23. The molecule has 1 amide bonds. The number of carboxylic acid groups (broad SMARTS) is 1. The van der Waals surface area contributed by atoms with E-state index in [1.54, 1.807) is 31.2 Å². The van der Waals surface area contributed by atoms with E-state index in [1.807, 2.05) is 0 Å². The number of thiazole rings is 1. The van der Waals surface area contributed by atoms with Crippen LogP contribution in [0, 0.1) is 6.92 Å². The lowest BCUT2D eigenvalue weighted by atomic mass is 10.2. The van der Waals surface area contributed by atoms with Crippen molar-refractivity contribution in [3.63, 3.8) is 0 Å². The number of carbonyl (C=O) groups is 2. The van der Waals surface area contributed by atoms with Crippen LogP contribution in [0.2, 0.25) is 5.02 Å². The third-order valence-corrected chi connectivity index (χ3v) is 3.86. The molecule has 0 saturated heterocycles. The number of benzene rings is 1. The van der Waals surface area contributed by atoms with E-state index in [1.165, 1.54) is 0 Å². The first-order valence-electron chi connectivity index (χ1n) is 5.70. The van der Waals surface area contributed by atoms with Crippen LogP contribution in [0.1, 0.15) is 20.9 Å². The largest absolute Gasteiger partial charge is 0.481 e. The molecule has 2 rings (SSSR count). The van der Waals surface area contributed by atoms with Gasteiger partial charge in [-0.05, 0) is 31.2 Å². The first-order valence-corrected chi connectivity index (χ1v) is 6.90. The molecule has 0 bridgehead atoms. The van der Waals surface area contributed by atoms with E-state index in [2.05, 4.69) is 10.3 Å². The van der Waals surface area contributed by atoms with Gasteiger partial charge < -0.3 is 5.11 Å². The highest BCUT2D eigenvalue weighted by atomic mass is 35.5. The van der Waals surface area contributed by atoms with Gasteiger partial charge in [0.2, 0.25) is 0 Å². The smallest absolute Gasteiger partial charge is 0.308 e. The number of nitrogens with zero attached hydrogens (tertiary/aromatic N) is 1. The highest BCUT2D eigenvalue weighted by Crippen LogP contribution is 2.23. The number of nitrogens with one attached hydrogen (secondary N) is 1. The van der Waals surface area contributed by atoms with E-state index in [0.29, 0.717) is 26.3 Å². The van der Waals surface area contributed by atoms with Crippen LogP contribution in [-0.4, -0.2) is 22.0 Å². The van der Waals surface area contributed by atoms with Gasteiger partial charge in [0.15, 0.2) is 5.13 Å². The molecule has 0 atom stereocenters. The number of rotatable bonds is 4. The lowest BCUT2D eigenvalue weighted by molar-refractivity contribution is -0.136. The van der Waals surface area contributed by atoms with Gasteiger partial charge in [-0.1, -0.05) is 11.6 Å². The van der Waals surface area contributed by atoms with Gasteiger partial charge >= 0.3 is 5.97 Å². The average molecular weight is 311 g/mol. The number of aromatic nitrogens is 1. The Hall–Kier alpha value is -1.92. The Morgan fingerprint density at radius 1 is 1.35 bits per heavy atom. The van der Waals surface area contributed by atoms with Gasteiger partial charge in [-0.15, -0.1) is 11.3 Å². The van der Waals surface area contributed by atoms with Crippen molar-refractivity contribution in [1.82, 2.24) is 4.98 Å². The zero-order valence-corrected chi connectivity index (χ0v) is 12.1. The lowest BCUT2D eigenvalue weighted by Gasteiger charge is -2.01. The van der Waals surface area contributed by atoms with Crippen molar-refractivity contribution in [3.8, 4) is 0 Å². The summed E-state index contributed by atoms with van der Waals surface area (Å²) in [7, 11) is 0. The summed E-state index contributed by atoms with van der Waals surface area (Å²) in [5, 5.41) is 12.3. The molecule has 20 heavy (non-hydrogen) atoms. The van der Waals surface area contributed by atoms with Crippen LogP contribution in [0.15, 0.2) is 24.3 Å². The Morgan fingerprint density at radius 2 is 2.00 bits per heavy atom. The molecule has 0 aliphatic heterocycles. The Bertz CT molecular complexity index is 652. The number of halogens is 1. The molecule has 0 aliphatic rings. The Morgan fingerprint density at radius 3 is 2.60 bits per heavy atom. The lowest BCUT2D eigenvalue weighted by Crippen LogP contribution is -2.11. The summed E-state index contributed by atoms with van der Waals surface area (Å²) in [6, 6.07) is 6.46. The van der Waals surface area contributed by atoms with Gasteiger partial charge in [0.25, 0.3) is 5.91 Å². The molecule has 0 aliphatic carbocycles. The number of aliphatic carboxylic acids is 1. The Balaban J connectivity index is 2.12. The number of carbonyl (C=O) groups excluding carboxylic acids is 1. The number of hydrogen-bond donors (Lipinski definition) is 2. The molecule has 0 unspecified atom stereocenters. The third-order valence-electron chi connectivity index (χ3n) is 2.53. The summed E-state index contributed by atoms with van der Waals surface area (Å²) < 4.78 is 0. The second kappa shape index (κ2) is 6.02. The topological polar surface area (TPSA) is 79.3 Å². The third kappa shape index (κ3) is 3.55. The predicted molar refractivity (Wildman–Crippen MR) is 77.6 cm³/mol. The van der Waals surface area contributed by atoms with Crippen molar-refractivity contribution in [2.75, 3.05) is 5.32 Å². The standard InChI is InChI=1S/C13H11ClN2O3S/c1-7-10(6-11(17)18)20-13(15-7)16-12(19)8-2-4-9(14)5-3-8/h2-5H,6H2,1H3,(H,17,18)(H,15,16,19). The zero-order chi connectivity index (χ0) is 14.7. The van der Waals surface area contributed by atoms with Crippen LogP contribution in [0.4, 0.5) is 5.13 Å². The molecule has 1 aromatic carbocycles. The molecule has 2 aromatic rings. The summed E-state index contributed by atoms with van der Waals surface area (Å²) in [6.07, 6.45) is -0.0969. The number of carboxylic acids is 1. The van der Waals surface area contributed by atoms with Crippen LogP contribution in [0.3, 0.4) is 0 Å². The van der Waals surface area contributed by atoms with Crippen molar-refractivity contribution in [3.05, 3.63) is 45.4 Å². The van der Waals surface area contributed by atoms with Crippen LogP contribution < -0.4 is 5.32 Å². The molecule has 104 valence electrons. The van der Waals surface area contributed by atoms with Gasteiger partial charge in [-0.2, -0.15) is 0 Å². The molecule has 2 N–H and O–H groups in total. The fourth-order valence-electron chi connectivity index (χ4n) is 1.55. The summed E-state index contributed by atoms with van der Waals surface area (Å²) >= 11 is 6.92. The van der Waals surface area contributed by atoms with Gasteiger partial charge in [0.05, 0.1) is 12.1 Å². The minimum Gasteiger partial charge on any atom is -0.481 e. The van der Waals surface area contributed by atoms with E-state index < -0.39 is 5.97 Å². The Labute approximate surface area is 124 Å². The highest BCUT2D eigenvalue weighted by molar-refractivity contribution is 7.16. The molecule has 5 nitrogen and oxygen atoms in total. The maximum atomic E-state index is 12.0. The van der Waals surface area contributed by atoms with Gasteiger partial charge in [-0.25, -0.2) is 4.98 Å². The van der Waals surface area contributed by atoms with Crippen molar-refractivity contribution < 1.29 is 14.7 Å². The van der Waals surface area contributed by atoms with Crippen molar-refractivity contribution >= 4 is 39.9 Å². The van der Waals surface area contributed by atoms with Crippen molar-refractivity contribution in [2.45, 2.75) is 13.3 Å². The minimum atomic E-state index is -0.924. The van der Waals surface area contributed by atoms with Crippen LogP contribution >= 0.6 is 22.9 Å². The monoisotopic (exact) mass is 310 g/mol. The highest BCUT2D eigenvalue weighted by Gasteiger charge is 2.13. The van der Waals surface area contributed by atoms with Gasteiger partial charge in [0, 0.05) is 15.5 Å². The number of aryl methyl sites for hydroxylation is 1. The van der Waals surface area contributed by atoms with E-state index in [-0.39, 0.29) is 12.3 Å². The van der Waals surface area contributed by atoms with Crippen LogP contribution in [-0.2, 0) is 11.2 Å². The fraction of sp³-hybridized carbons (Fsp3) is 0.154. The van der Waals surface area contributed by atoms with E-state index in [0.717, 1.165) is 11.3 Å². The number of hydrogen-bond acceptors (Lipinski definition) is 4. The average Bonchev–Trinajstić information content (AvgIpc) is 2.69. The molecule has 0 spiro atoms. The van der Waals surface area contributed by atoms with Crippen molar-refractivity contribution in [1.29, 1.82) is 0 Å². The molecular formula is C13H11ClN2O3S. The molecular weight excluding hydrogens is 300 g/mol. The second-order valence-electron chi connectivity index (χ2n) is 4.06. The maximum absolute atomic E-state index is 12.0. The molecule has 7 heteroatoms. The second-order valence-corrected chi connectivity index (χ2v) is 5.58. The molecule has 0 saturated carbocycles. The summed E-state index contributed by atoms with van der Waals surface area (Å²) in [6.45, 7) is 1.71. The number of amides is 1. The number of anilines is 1. The molecule has 1 heterocycles. The van der Waals surface area contributed by atoms with Crippen LogP contribution in [0.5, 0.6) is 0 Å². The molecule has 0 fully saturated rings. The Kier molecular flexibility index (Phi) is 4.36. The van der Waals surface area contributed by atoms with Crippen LogP contribution in [0.25, 0.3) is 0 Å². The minimum absolute atomic E-state index is 0.0969. The summed E-state index contributed by atoms with van der Waals surface area (Å²) in [4.78, 5) is 27.4. The zero-order valence-electron chi connectivity index (χ0n) is 10.5. The molecule has 1 aromatic heterocycles. The normalized spacial score (nSPS) is 10.3. The van der Waals surface area contributed by atoms with Gasteiger partial charge in [0.1, 0.15) is 0 Å². The quantitative estimate of drug-likeness (QED) is 0.910. The van der Waals surface area contributed by atoms with E-state index in [4.69, 9.17) is 16.7 Å².